The second kappa shape index (κ2) is 5.51. The molecule has 1 N–H and O–H groups in total. The molecule has 1 unspecified atom stereocenters. The number of rotatable bonds is 4. The van der Waals surface area contributed by atoms with Crippen LogP contribution in [0.3, 0.4) is 0 Å². The van der Waals surface area contributed by atoms with E-state index >= 15 is 0 Å². The highest BCUT2D eigenvalue weighted by Gasteiger charge is 2.71. The van der Waals surface area contributed by atoms with Crippen molar-refractivity contribution in [3.05, 3.63) is 52.2 Å². The summed E-state index contributed by atoms with van der Waals surface area (Å²) in [5.41, 5.74) is -4.68. The van der Waals surface area contributed by atoms with E-state index in [-0.39, 0.29) is 5.75 Å². The van der Waals surface area contributed by atoms with E-state index in [9.17, 15) is 27.1 Å². The quantitative estimate of drug-likeness (QED) is 0.847. The molecule has 0 amide bonds. The number of benzene rings is 1. The summed E-state index contributed by atoms with van der Waals surface area (Å²) in [6.45, 7) is 0. The lowest BCUT2D eigenvalue weighted by atomic mass is 9.81. The van der Waals surface area contributed by atoms with Gasteiger partial charge in [0.1, 0.15) is 5.75 Å². The average molecular weight is 338 g/mol. The van der Waals surface area contributed by atoms with Gasteiger partial charge in [0.15, 0.2) is 5.60 Å². The normalized spacial score (nSPS) is 15.4. The summed E-state index contributed by atoms with van der Waals surface area (Å²) in [5.74, 6) is -5.32. The minimum absolute atomic E-state index is 0.0594. The number of thiophene rings is 1. The van der Waals surface area contributed by atoms with Crippen LogP contribution in [0.5, 0.6) is 5.75 Å². The maximum absolute atomic E-state index is 14.1. The van der Waals surface area contributed by atoms with Crippen molar-refractivity contribution in [1.29, 1.82) is 0 Å². The van der Waals surface area contributed by atoms with E-state index < -0.39 is 28.8 Å². The van der Waals surface area contributed by atoms with Gasteiger partial charge in [0, 0.05) is 5.56 Å². The lowest BCUT2D eigenvalue weighted by Crippen LogP contribution is -2.55. The van der Waals surface area contributed by atoms with Crippen molar-refractivity contribution in [2.24, 2.45) is 0 Å². The zero-order valence-electron chi connectivity index (χ0n) is 11.2. The number of halogens is 5. The Morgan fingerprint density at radius 1 is 1.05 bits per heavy atom. The molecule has 0 radical (unpaired) electrons. The summed E-state index contributed by atoms with van der Waals surface area (Å²) in [6, 6.07) is 5.60. The first-order chi connectivity index (χ1) is 10.1. The van der Waals surface area contributed by atoms with Crippen molar-refractivity contribution in [2.75, 3.05) is 7.11 Å². The molecule has 0 aliphatic heterocycles. The first kappa shape index (κ1) is 16.7. The van der Waals surface area contributed by atoms with Gasteiger partial charge in [-0.3, -0.25) is 0 Å². The summed E-state index contributed by atoms with van der Waals surface area (Å²) in [6.07, 6.45) is -5.92. The summed E-state index contributed by atoms with van der Waals surface area (Å²) >= 11 is 0.906. The van der Waals surface area contributed by atoms with Gasteiger partial charge in [0.2, 0.25) is 0 Å². The van der Waals surface area contributed by atoms with E-state index in [2.05, 4.69) is 0 Å². The number of methoxy groups -OCH3 is 1. The van der Waals surface area contributed by atoms with E-state index in [1.807, 2.05) is 0 Å². The van der Waals surface area contributed by atoms with Gasteiger partial charge >= 0.3 is 12.1 Å². The minimum atomic E-state index is -5.92. The predicted octanol–water partition coefficient (Wildman–Crippen LogP) is 4.19. The fourth-order valence-corrected chi connectivity index (χ4v) is 2.75. The molecule has 120 valence electrons. The Bertz CT molecular complexity index is 639. The van der Waals surface area contributed by atoms with Gasteiger partial charge in [0.05, 0.1) is 7.11 Å². The molecule has 0 saturated carbocycles. The van der Waals surface area contributed by atoms with Gasteiger partial charge in [-0.25, -0.2) is 0 Å². The molecule has 0 fully saturated rings. The molecule has 0 aliphatic rings. The van der Waals surface area contributed by atoms with Gasteiger partial charge in [0.25, 0.3) is 0 Å². The Morgan fingerprint density at radius 2 is 1.73 bits per heavy atom. The standard InChI is InChI=1S/C14H11F5O2S/c1-21-11-4-2-3-9(7-11)12(20,10-5-6-22-8-10)13(15,16)14(17,18)19/h2-8,20H,1H3. The molecule has 2 rings (SSSR count). The Kier molecular flexibility index (Phi) is 4.18. The molecule has 0 aliphatic carbocycles. The molecule has 1 aromatic heterocycles. The number of ether oxygens (including phenoxy) is 1. The van der Waals surface area contributed by atoms with E-state index in [1.165, 1.54) is 24.6 Å². The summed E-state index contributed by atoms with van der Waals surface area (Å²) in [5, 5.41) is 12.8. The molecule has 22 heavy (non-hydrogen) atoms. The van der Waals surface area contributed by atoms with Crippen LogP contribution in [0.4, 0.5) is 22.0 Å². The van der Waals surface area contributed by atoms with Gasteiger partial charge in [-0.15, -0.1) is 0 Å². The van der Waals surface area contributed by atoms with Crippen molar-refractivity contribution in [3.8, 4) is 5.75 Å². The highest BCUT2D eigenvalue weighted by Crippen LogP contribution is 2.52. The number of alkyl halides is 5. The first-order valence-corrected chi connectivity index (χ1v) is 6.93. The third-order valence-corrected chi connectivity index (χ3v) is 3.92. The van der Waals surface area contributed by atoms with Crippen LogP contribution >= 0.6 is 11.3 Å². The van der Waals surface area contributed by atoms with E-state index in [4.69, 9.17) is 4.74 Å². The van der Waals surface area contributed by atoms with Crippen LogP contribution in [0, 0.1) is 0 Å². The number of hydrogen-bond acceptors (Lipinski definition) is 3. The topological polar surface area (TPSA) is 29.5 Å². The number of aliphatic hydroxyl groups is 1. The third-order valence-electron chi connectivity index (χ3n) is 3.24. The van der Waals surface area contributed by atoms with Crippen LogP contribution in [-0.4, -0.2) is 24.3 Å². The predicted molar refractivity (Wildman–Crippen MR) is 71.3 cm³/mol. The minimum Gasteiger partial charge on any atom is -0.497 e. The smallest absolute Gasteiger partial charge is 0.457 e. The maximum Gasteiger partial charge on any atom is 0.457 e. The largest absolute Gasteiger partial charge is 0.497 e. The van der Waals surface area contributed by atoms with Crippen molar-refractivity contribution in [2.45, 2.75) is 17.7 Å². The van der Waals surface area contributed by atoms with E-state index in [1.54, 1.807) is 0 Å². The number of hydrogen-bond donors (Lipinski definition) is 1. The third kappa shape index (κ3) is 2.46. The first-order valence-electron chi connectivity index (χ1n) is 5.98. The SMILES string of the molecule is COc1cccc(C(O)(c2ccsc2)C(F)(F)C(F)(F)F)c1. The molecule has 0 bridgehead atoms. The Hall–Kier alpha value is -1.67. The van der Waals surface area contributed by atoms with Crippen LogP contribution in [0.2, 0.25) is 0 Å². The van der Waals surface area contributed by atoms with E-state index in [0.717, 1.165) is 34.9 Å². The van der Waals surface area contributed by atoms with Gasteiger partial charge in [-0.2, -0.15) is 33.3 Å². The molecule has 0 spiro atoms. The molecule has 0 saturated heterocycles. The molecular formula is C14H11F5O2S. The van der Waals surface area contributed by atoms with Crippen LogP contribution in [0.1, 0.15) is 11.1 Å². The van der Waals surface area contributed by atoms with Crippen molar-refractivity contribution >= 4 is 11.3 Å². The Balaban J connectivity index is 2.72. The summed E-state index contributed by atoms with van der Waals surface area (Å²) < 4.78 is 71.5. The van der Waals surface area contributed by atoms with Crippen molar-refractivity contribution < 1.29 is 31.8 Å². The van der Waals surface area contributed by atoms with Crippen molar-refractivity contribution in [1.82, 2.24) is 0 Å². The molecule has 2 aromatic rings. The average Bonchev–Trinajstić information content (AvgIpc) is 2.99. The second-order valence-corrected chi connectivity index (χ2v) is 5.31. The van der Waals surface area contributed by atoms with Crippen LogP contribution < -0.4 is 4.74 Å². The molecule has 8 heteroatoms. The van der Waals surface area contributed by atoms with Gasteiger partial charge < -0.3 is 9.84 Å². The Morgan fingerprint density at radius 3 is 2.23 bits per heavy atom. The van der Waals surface area contributed by atoms with Crippen LogP contribution in [-0.2, 0) is 5.60 Å². The molecule has 2 nitrogen and oxygen atoms in total. The molecule has 1 atom stereocenters. The summed E-state index contributed by atoms with van der Waals surface area (Å²) in [4.78, 5) is 0. The zero-order valence-corrected chi connectivity index (χ0v) is 12.0. The fourth-order valence-electron chi connectivity index (χ4n) is 2.05. The van der Waals surface area contributed by atoms with Crippen molar-refractivity contribution in [3.63, 3.8) is 0 Å². The molecule has 1 aromatic carbocycles. The highest BCUT2D eigenvalue weighted by atomic mass is 32.1. The van der Waals surface area contributed by atoms with Gasteiger partial charge in [-0.1, -0.05) is 12.1 Å². The highest BCUT2D eigenvalue weighted by molar-refractivity contribution is 7.08. The van der Waals surface area contributed by atoms with Crippen LogP contribution in [0.15, 0.2) is 41.1 Å². The second-order valence-electron chi connectivity index (χ2n) is 4.53. The Labute approximate surface area is 126 Å². The molecular weight excluding hydrogens is 327 g/mol. The van der Waals surface area contributed by atoms with Crippen LogP contribution in [0.25, 0.3) is 0 Å². The fraction of sp³-hybridized carbons (Fsp3) is 0.286. The zero-order chi connectivity index (χ0) is 16.6. The lowest BCUT2D eigenvalue weighted by Gasteiger charge is -2.37. The maximum atomic E-state index is 14.1. The monoisotopic (exact) mass is 338 g/mol. The van der Waals surface area contributed by atoms with E-state index in [0.29, 0.717) is 0 Å². The lowest BCUT2D eigenvalue weighted by molar-refractivity contribution is -0.336. The summed E-state index contributed by atoms with van der Waals surface area (Å²) in [7, 11) is 1.24. The van der Waals surface area contributed by atoms with Gasteiger partial charge in [-0.05, 0) is 34.5 Å². The molecule has 1 heterocycles.